The van der Waals surface area contributed by atoms with Crippen LogP contribution in [0.1, 0.15) is 37.5 Å². The summed E-state index contributed by atoms with van der Waals surface area (Å²) in [5.41, 5.74) is 1.59. The summed E-state index contributed by atoms with van der Waals surface area (Å²) in [7, 11) is -4.04. The molecule has 0 saturated carbocycles. The van der Waals surface area contributed by atoms with Crippen LogP contribution in [0.15, 0.2) is 78.9 Å². The summed E-state index contributed by atoms with van der Waals surface area (Å²) in [5, 5.41) is 14.3. The molecule has 3 aromatic carbocycles. The van der Waals surface area contributed by atoms with Gasteiger partial charge < -0.3 is 10.2 Å². The van der Waals surface area contributed by atoms with E-state index in [1.54, 1.807) is 0 Å². The molecule has 0 radical (unpaired) electrons. The second kappa shape index (κ2) is 12.9. The van der Waals surface area contributed by atoms with Gasteiger partial charge in [-0.15, -0.1) is 0 Å². The predicted molar refractivity (Wildman–Crippen MR) is 159 cm³/mol. The summed E-state index contributed by atoms with van der Waals surface area (Å²) >= 11 is 0. The Morgan fingerprint density at radius 3 is 2.20 bits per heavy atom. The van der Waals surface area contributed by atoms with Crippen molar-refractivity contribution in [2.75, 3.05) is 17.1 Å². The van der Waals surface area contributed by atoms with Crippen LogP contribution in [0, 0.1) is 17.0 Å². The van der Waals surface area contributed by atoms with E-state index in [0.29, 0.717) is 0 Å². The number of aryl methyl sites for hydroxylation is 1. The minimum atomic E-state index is -4.04. The van der Waals surface area contributed by atoms with Gasteiger partial charge in [-0.05, 0) is 50.5 Å². The smallest absolute Gasteiger partial charge is 0.271 e. The fourth-order valence-corrected chi connectivity index (χ4v) is 5.19. The number of nitro benzene ring substituents is 1. The van der Waals surface area contributed by atoms with Gasteiger partial charge in [-0.25, -0.2) is 8.42 Å². The molecule has 2 amide bonds. The Morgan fingerprint density at radius 1 is 0.976 bits per heavy atom. The monoisotopic (exact) mass is 580 g/mol. The zero-order chi connectivity index (χ0) is 30.4. The number of nitro groups is 1. The standard InChI is InChI=1S/C30H36N4O6S/c1-22-12-9-10-15-24(22)20-32(27(29(36)31-30(2,3)4)18-23-13-7-6-8-14-23)28(35)21-33(41(5,39)40)25-16-11-17-26(19-25)34(37)38/h6-17,19,27H,18,20-21H2,1-5H3,(H,31,36)/t27-/m1/s1. The number of amides is 2. The van der Waals surface area contributed by atoms with Gasteiger partial charge in [0, 0.05) is 30.6 Å². The number of benzene rings is 3. The minimum Gasteiger partial charge on any atom is -0.350 e. The Bertz CT molecular complexity index is 1500. The quantitative estimate of drug-likeness (QED) is 0.267. The highest BCUT2D eigenvalue weighted by molar-refractivity contribution is 7.92. The molecule has 3 aromatic rings. The summed E-state index contributed by atoms with van der Waals surface area (Å²) in [6.07, 6.45) is 1.12. The minimum absolute atomic E-state index is 0.0235. The molecule has 0 fully saturated rings. The van der Waals surface area contributed by atoms with Crippen molar-refractivity contribution in [2.45, 2.75) is 52.2 Å². The van der Waals surface area contributed by atoms with E-state index < -0.39 is 39.0 Å². The van der Waals surface area contributed by atoms with Gasteiger partial charge in [0.15, 0.2) is 0 Å². The largest absolute Gasteiger partial charge is 0.350 e. The summed E-state index contributed by atoms with van der Waals surface area (Å²) < 4.78 is 26.6. The third kappa shape index (κ3) is 8.87. The topological polar surface area (TPSA) is 130 Å². The summed E-state index contributed by atoms with van der Waals surface area (Å²) in [6, 6.07) is 20.8. The molecule has 0 spiro atoms. The first-order chi connectivity index (χ1) is 19.2. The third-order valence-corrected chi connectivity index (χ3v) is 7.52. The highest BCUT2D eigenvalue weighted by atomic mass is 32.2. The lowest BCUT2D eigenvalue weighted by molar-refractivity contribution is -0.384. The fourth-order valence-electron chi connectivity index (χ4n) is 4.35. The number of hydrogen-bond donors (Lipinski definition) is 1. The van der Waals surface area contributed by atoms with E-state index in [4.69, 9.17) is 0 Å². The van der Waals surface area contributed by atoms with Crippen molar-refractivity contribution in [2.24, 2.45) is 0 Å². The van der Waals surface area contributed by atoms with Crippen LogP contribution in [0.3, 0.4) is 0 Å². The fraction of sp³-hybridized carbons (Fsp3) is 0.333. The van der Waals surface area contributed by atoms with Crippen LogP contribution in [-0.2, 0) is 32.6 Å². The maximum Gasteiger partial charge on any atom is 0.271 e. The average Bonchev–Trinajstić information content (AvgIpc) is 2.89. The maximum absolute atomic E-state index is 14.1. The Balaban J connectivity index is 2.10. The van der Waals surface area contributed by atoms with Crippen LogP contribution in [0.5, 0.6) is 0 Å². The normalized spacial score (nSPS) is 12.3. The highest BCUT2D eigenvalue weighted by Gasteiger charge is 2.34. The maximum atomic E-state index is 14.1. The van der Waals surface area contributed by atoms with E-state index in [9.17, 15) is 28.1 Å². The Morgan fingerprint density at radius 2 is 1.61 bits per heavy atom. The molecular formula is C30H36N4O6S. The van der Waals surface area contributed by atoms with Gasteiger partial charge in [0.2, 0.25) is 21.8 Å². The Labute approximate surface area is 241 Å². The second-order valence-corrected chi connectivity index (χ2v) is 12.8. The number of sulfonamides is 1. The van der Waals surface area contributed by atoms with Crippen LogP contribution in [-0.4, -0.2) is 54.4 Å². The van der Waals surface area contributed by atoms with E-state index in [-0.39, 0.29) is 30.2 Å². The van der Waals surface area contributed by atoms with Crippen molar-refractivity contribution in [1.29, 1.82) is 0 Å². The lowest BCUT2D eigenvalue weighted by atomic mass is 10.00. The number of carbonyl (C=O) groups is 2. The van der Waals surface area contributed by atoms with Crippen LogP contribution >= 0.6 is 0 Å². The molecule has 0 bridgehead atoms. The summed E-state index contributed by atoms with van der Waals surface area (Å²) in [6.45, 7) is 6.81. The van der Waals surface area contributed by atoms with Crippen LogP contribution in [0.25, 0.3) is 0 Å². The number of nitrogens with zero attached hydrogens (tertiary/aromatic N) is 3. The number of anilines is 1. The molecule has 0 aromatic heterocycles. The second-order valence-electron chi connectivity index (χ2n) is 10.9. The van der Waals surface area contributed by atoms with E-state index >= 15 is 0 Å². The number of non-ortho nitro benzene ring substituents is 1. The Kier molecular flexibility index (Phi) is 9.88. The first-order valence-electron chi connectivity index (χ1n) is 13.1. The molecule has 0 unspecified atom stereocenters. The summed E-state index contributed by atoms with van der Waals surface area (Å²) in [5.74, 6) is -1.01. The van der Waals surface area contributed by atoms with Gasteiger partial charge >= 0.3 is 0 Å². The first kappa shape index (κ1) is 31.3. The van der Waals surface area contributed by atoms with Crippen molar-refractivity contribution in [1.82, 2.24) is 10.2 Å². The molecule has 11 heteroatoms. The van der Waals surface area contributed by atoms with E-state index in [1.807, 2.05) is 82.3 Å². The van der Waals surface area contributed by atoms with Gasteiger partial charge in [0.1, 0.15) is 12.6 Å². The van der Waals surface area contributed by atoms with Crippen molar-refractivity contribution in [3.8, 4) is 0 Å². The molecule has 0 saturated heterocycles. The molecule has 0 aliphatic rings. The third-order valence-electron chi connectivity index (χ3n) is 6.38. The number of nitrogens with one attached hydrogen (secondary N) is 1. The molecular weight excluding hydrogens is 544 g/mol. The zero-order valence-corrected chi connectivity index (χ0v) is 24.7. The number of hydrogen-bond acceptors (Lipinski definition) is 6. The molecule has 3 rings (SSSR count). The van der Waals surface area contributed by atoms with Gasteiger partial charge in [-0.1, -0.05) is 60.7 Å². The highest BCUT2D eigenvalue weighted by Crippen LogP contribution is 2.25. The molecule has 10 nitrogen and oxygen atoms in total. The molecule has 0 aliphatic carbocycles. The average molecular weight is 581 g/mol. The molecule has 1 N–H and O–H groups in total. The lowest BCUT2D eigenvalue weighted by Gasteiger charge is -2.35. The van der Waals surface area contributed by atoms with Gasteiger partial charge in [-0.2, -0.15) is 0 Å². The van der Waals surface area contributed by atoms with Crippen molar-refractivity contribution in [3.63, 3.8) is 0 Å². The number of rotatable bonds is 11. The van der Waals surface area contributed by atoms with Gasteiger partial charge in [0.25, 0.3) is 5.69 Å². The molecule has 1 atom stereocenters. The summed E-state index contributed by atoms with van der Waals surface area (Å²) in [4.78, 5) is 40.0. The zero-order valence-electron chi connectivity index (χ0n) is 23.9. The first-order valence-corrected chi connectivity index (χ1v) is 14.9. The van der Waals surface area contributed by atoms with Crippen molar-refractivity contribution in [3.05, 3.63) is 106 Å². The Hall–Kier alpha value is -4.25. The van der Waals surface area contributed by atoms with Crippen LogP contribution < -0.4 is 9.62 Å². The SMILES string of the molecule is Cc1ccccc1CN(C(=O)CN(c1cccc([N+](=O)[O-])c1)S(C)(=O)=O)[C@H](Cc1ccccc1)C(=O)NC(C)(C)C. The van der Waals surface area contributed by atoms with Crippen LogP contribution in [0.2, 0.25) is 0 Å². The molecule has 41 heavy (non-hydrogen) atoms. The van der Waals surface area contributed by atoms with E-state index in [0.717, 1.165) is 33.3 Å². The van der Waals surface area contributed by atoms with Crippen LogP contribution in [0.4, 0.5) is 11.4 Å². The molecule has 0 heterocycles. The predicted octanol–water partition coefficient (Wildman–Crippen LogP) is 4.22. The van der Waals surface area contributed by atoms with Crippen molar-refractivity contribution < 1.29 is 22.9 Å². The van der Waals surface area contributed by atoms with E-state index in [1.165, 1.54) is 23.1 Å². The number of carbonyl (C=O) groups excluding carboxylic acids is 2. The molecule has 218 valence electrons. The van der Waals surface area contributed by atoms with Gasteiger partial charge in [0.05, 0.1) is 16.9 Å². The lowest BCUT2D eigenvalue weighted by Crippen LogP contribution is -2.56. The van der Waals surface area contributed by atoms with Gasteiger partial charge in [-0.3, -0.25) is 24.0 Å². The van der Waals surface area contributed by atoms with Crippen molar-refractivity contribution >= 4 is 33.2 Å². The molecule has 0 aliphatic heterocycles. The van der Waals surface area contributed by atoms with E-state index in [2.05, 4.69) is 5.32 Å².